The summed E-state index contributed by atoms with van der Waals surface area (Å²) in [6.07, 6.45) is -0.609. The average Bonchev–Trinajstić information content (AvgIpc) is 1.65. The Balaban J connectivity index is 1.09. The van der Waals surface area contributed by atoms with Gasteiger partial charge in [0.25, 0.3) is 23.6 Å². The minimum Gasteiger partial charge on any atom is -0.497 e. The lowest BCUT2D eigenvalue weighted by Gasteiger charge is -2.36. The van der Waals surface area contributed by atoms with E-state index in [0.29, 0.717) is 47.3 Å². The van der Waals surface area contributed by atoms with E-state index in [-0.39, 0.29) is 149 Å². The van der Waals surface area contributed by atoms with Crippen molar-refractivity contribution in [2.75, 3.05) is 54.7 Å². The van der Waals surface area contributed by atoms with E-state index in [1.807, 2.05) is 60.7 Å². The summed E-state index contributed by atoms with van der Waals surface area (Å²) in [5.74, 6) is -1.79. The van der Waals surface area contributed by atoms with Crippen LogP contribution in [0, 0.1) is 0 Å². The molecule has 6 amide bonds. The van der Waals surface area contributed by atoms with Gasteiger partial charge in [-0.2, -0.15) is 0 Å². The fourth-order valence-corrected chi connectivity index (χ4v) is 12.9. The Morgan fingerprint density at radius 3 is 0.906 bits per heavy atom. The van der Waals surface area contributed by atoms with E-state index >= 15 is 19.2 Å². The summed E-state index contributed by atoms with van der Waals surface area (Å²) in [4.78, 5) is 96.9. The summed E-state index contributed by atoms with van der Waals surface area (Å²) in [6.45, 7) is 1.15. The van der Waals surface area contributed by atoms with Gasteiger partial charge in [-0.3, -0.25) is 38.6 Å². The Labute approximate surface area is 548 Å². The van der Waals surface area contributed by atoms with Gasteiger partial charge < -0.3 is 58.0 Å². The van der Waals surface area contributed by atoms with Crippen molar-refractivity contribution in [2.45, 2.75) is 37.1 Å². The molecular formula is C76H60N4O16. The third-order valence-electron chi connectivity index (χ3n) is 17.6. The minimum absolute atomic E-state index is 0.0144. The first-order valence-electron chi connectivity index (χ1n) is 31.1. The maximum atomic E-state index is 16.3. The first-order chi connectivity index (χ1) is 46.9. The summed E-state index contributed by atoms with van der Waals surface area (Å²) in [5.41, 5.74) is 1.19. The maximum absolute atomic E-state index is 16.3. The molecule has 0 saturated carbocycles. The van der Waals surface area contributed by atoms with E-state index in [1.54, 1.807) is 97.1 Å². The molecule has 20 heteroatoms. The molecule has 0 spiro atoms. The molecule has 15 rings (SSSR count). The Hall–Kier alpha value is -11.7. The Morgan fingerprint density at radius 2 is 0.646 bits per heavy atom. The molecule has 2 fully saturated rings. The first-order valence-corrected chi connectivity index (χ1v) is 31.1. The molecule has 4 unspecified atom stereocenters. The number of benzene rings is 11. The zero-order valence-corrected chi connectivity index (χ0v) is 52.3. The number of amides is 6. The highest BCUT2D eigenvalue weighted by Gasteiger charge is 2.47. The Morgan fingerprint density at radius 1 is 0.375 bits per heavy atom. The number of carbonyl (C=O) groups is 6. The first kappa shape index (κ1) is 60.5. The SMILES string of the molecule is COc1cccc(Oc2cc3c4c(cc(Oc5cccc(OC)c5)c5c6c(Oc7cccc(OC)c7)cc7c8c(cc(Oc9cccc(OC)c9)c(c2c45)c86)C(=O)N(C(Cc2ccccc2)C(=O)NCC2CO2)C7=O)C(=O)N(C(Cc2ccccc2)C(=O)NCC2CO2)C3=O)c1. The zero-order chi connectivity index (χ0) is 65.9. The number of nitrogens with one attached hydrogen (secondary N) is 2. The molecule has 4 heterocycles. The summed E-state index contributed by atoms with van der Waals surface area (Å²) < 4.78 is 62.6. The summed E-state index contributed by atoms with van der Waals surface area (Å²) in [7, 11) is 6.05. The van der Waals surface area contributed by atoms with E-state index in [9.17, 15) is 9.59 Å². The smallest absolute Gasteiger partial charge is 0.262 e. The van der Waals surface area contributed by atoms with Crippen LogP contribution >= 0.6 is 0 Å². The third-order valence-corrected chi connectivity index (χ3v) is 17.6. The van der Waals surface area contributed by atoms with Gasteiger partial charge in [0.2, 0.25) is 11.8 Å². The molecule has 0 aliphatic carbocycles. The number of methoxy groups -OCH3 is 4. The van der Waals surface area contributed by atoms with E-state index < -0.39 is 47.5 Å². The summed E-state index contributed by atoms with van der Waals surface area (Å²) >= 11 is 0. The van der Waals surface area contributed by atoms with E-state index in [0.717, 1.165) is 9.80 Å². The number of rotatable bonds is 24. The van der Waals surface area contributed by atoms with Crippen LogP contribution in [0.2, 0.25) is 0 Å². The van der Waals surface area contributed by atoms with Crippen molar-refractivity contribution < 1.29 is 76.1 Å². The number of epoxide rings is 2. The van der Waals surface area contributed by atoms with E-state index in [1.165, 1.54) is 52.7 Å². The van der Waals surface area contributed by atoms with Crippen LogP contribution in [-0.2, 0) is 31.9 Å². The molecule has 11 aromatic rings. The van der Waals surface area contributed by atoms with Gasteiger partial charge in [0.05, 0.1) is 76.1 Å². The molecule has 0 radical (unpaired) electrons. The predicted molar refractivity (Wildman–Crippen MR) is 354 cm³/mol. The second kappa shape index (κ2) is 25.0. The standard InChI is InChI=1S/C76H60N4O16/c1-87-43-19-11-23-47(29-43)93-59-33-53-63-54(74(84)79(73(53)83)57(27-41-15-7-5-8-16-41)71(81)77-37-51-39-91-51)35-61(95-49-25-13-21-45(31-49)89-3)67-68-62(96-50-26-14-22-46(32-50)90-4)36-56-64-55(34-60(66(70(64)68)65(59)69(63)67)94-48-24-12-20-44(30-48)88-2)75(85)80(76(56)86)58(28-42-17-9-6-10-18-42)72(82)78-38-52-40-92-52/h5-26,29-36,51-52,57-58H,27-28,37-40H2,1-4H3,(H,77,81)(H,78,82). The van der Waals surface area contributed by atoms with Gasteiger partial charge in [-0.05, 0) is 83.9 Å². The third kappa shape index (κ3) is 11.2. The van der Waals surface area contributed by atoms with Crippen molar-refractivity contribution in [3.05, 3.63) is 215 Å². The van der Waals surface area contributed by atoms with Crippen LogP contribution in [0.1, 0.15) is 52.6 Å². The number of nitrogens with zero attached hydrogens (tertiary/aromatic N) is 2. The van der Waals surface area contributed by atoms with Gasteiger partial charge in [-0.1, -0.05) is 84.9 Å². The van der Waals surface area contributed by atoms with Crippen molar-refractivity contribution in [1.29, 1.82) is 0 Å². The molecule has 4 aliphatic rings. The molecule has 96 heavy (non-hydrogen) atoms. The van der Waals surface area contributed by atoms with Crippen LogP contribution in [0.25, 0.3) is 43.1 Å². The van der Waals surface area contributed by atoms with Crippen LogP contribution in [-0.4, -0.2) is 124 Å². The fourth-order valence-electron chi connectivity index (χ4n) is 12.9. The lowest BCUT2D eigenvalue weighted by molar-refractivity contribution is -0.125. The average molecular weight is 1290 g/mol. The highest BCUT2D eigenvalue weighted by Crippen LogP contribution is 2.58. The normalized spacial score (nSPS) is 16.0. The largest absolute Gasteiger partial charge is 0.497 e. The van der Waals surface area contributed by atoms with E-state index in [4.69, 9.17) is 47.4 Å². The number of imide groups is 2. The number of ether oxygens (including phenoxy) is 10. The van der Waals surface area contributed by atoms with Gasteiger partial charge in [-0.15, -0.1) is 0 Å². The monoisotopic (exact) mass is 1280 g/mol. The van der Waals surface area contributed by atoms with E-state index in [2.05, 4.69) is 10.6 Å². The van der Waals surface area contributed by atoms with Crippen molar-refractivity contribution in [2.24, 2.45) is 0 Å². The highest BCUT2D eigenvalue weighted by atomic mass is 16.6. The van der Waals surface area contributed by atoms with Gasteiger partial charge >= 0.3 is 0 Å². The highest BCUT2D eigenvalue weighted by molar-refractivity contribution is 6.45. The van der Waals surface area contributed by atoms with Crippen molar-refractivity contribution in [3.8, 4) is 69.0 Å². The van der Waals surface area contributed by atoms with Crippen LogP contribution in [0.5, 0.6) is 69.0 Å². The van der Waals surface area contributed by atoms with Crippen LogP contribution in [0.4, 0.5) is 0 Å². The molecule has 0 aromatic heterocycles. The molecule has 4 aliphatic heterocycles. The molecule has 4 atom stereocenters. The predicted octanol–water partition coefficient (Wildman–Crippen LogP) is 12.4. The molecule has 20 nitrogen and oxygen atoms in total. The van der Waals surface area contributed by atoms with Crippen LogP contribution in [0.3, 0.4) is 0 Å². The molecule has 2 saturated heterocycles. The summed E-state index contributed by atoms with van der Waals surface area (Å²) in [5, 5.41) is 7.46. The second-order valence-electron chi connectivity index (χ2n) is 23.6. The van der Waals surface area contributed by atoms with Crippen LogP contribution in [0.15, 0.2) is 182 Å². The van der Waals surface area contributed by atoms with Crippen LogP contribution < -0.4 is 48.5 Å². The quantitative estimate of drug-likeness (QED) is 0.0248. The number of carbonyl (C=O) groups excluding carboxylic acids is 6. The molecule has 0 bridgehead atoms. The minimum atomic E-state index is -1.41. The topological polar surface area (TPSA) is 232 Å². The fraction of sp³-hybridized carbons (Fsp3) is 0.184. The van der Waals surface area contributed by atoms with Crippen molar-refractivity contribution in [3.63, 3.8) is 0 Å². The van der Waals surface area contributed by atoms with Gasteiger partial charge in [0.15, 0.2) is 0 Å². The molecule has 2 N–H and O–H groups in total. The Kier molecular flexibility index (Phi) is 15.7. The summed E-state index contributed by atoms with van der Waals surface area (Å²) in [6, 6.07) is 48.8. The number of hydrogen-bond acceptors (Lipinski definition) is 16. The lowest BCUT2D eigenvalue weighted by Crippen LogP contribution is -2.55. The zero-order valence-electron chi connectivity index (χ0n) is 52.3. The van der Waals surface area contributed by atoms with Crippen molar-refractivity contribution in [1.82, 2.24) is 20.4 Å². The number of hydrogen-bond donors (Lipinski definition) is 2. The Bertz CT molecular complexity index is 4440. The molecule has 11 aromatic carbocycles. The second-order valence-corrected chi connectivity index (χ2v) is 23.6. The number of fused-ring (bicyclic) bond motifs is 2. The lowest BCUT2D eigenvalue weighted by atomic mass is 9.80. The molecule has 480 valence electrons. The maximum Gasteiger partial charge on any atom is 0.262 e. The van der Waals surface area contributed by atoms with Gasteiger partial charge in [-0.25, -0.2) is 0 Å². The van der Waals surface area contributed by atoms with Crippen molar-refractivity contribution >= 4 is 78.5 Å². The van der Waals surface area contributed by atoms with Gasteiger partial charge in [0, 0.05) is 93.3 Å². The van der Waals surface area contributed by atoms with Gasteiger partial charge in [0.1, 0.15) is 81.1 Å². The molecular weight excluding hydrogens is 1220 g/mol.